The van der Waals surface area contributed by atoms with Crippen LogP contribution in [0.25, 0.3) is 5.65 Å². The second kappa shape index (κ2) is 8.10. The number of fused-ring (bicyclic) bond motifs is 3. The van der Waals surface area contributed by atoms with E-state index in [0.29, 0.717) is 23.4 Å². The van der Waals surface area contributed by atoms with Crippen molar-refractivity contribution < 1.29 is 17.9 Å². The number of alkyl halides is 3. The zero-order valence-corrected chi connectivity index (χ0v) is 17.6. The van der Waals surface area contributed by atoms with E-state index < -0.39 is 19.2 Å². The van der Waals surface area contributed by atoms with Gasteiger partial charge in [0.05, 0.1) is 13.0 Å². The second-order valence-electron chi connectivity index (χ2n) is 8.48. The molecule has 0 radical (unpaired) electrons. The summed E-state index contributed by atoms with van der Waals surface area (Å²) in [5.74, 6) is 2.56. The van der Waals surface area contributed by atoms with Gasteiger partial charge in [0.2, 0.25) is 5.95 Å². The number of pyridine rings is 1. The van der Waals surface area contributed by atoms with E-state index >= 15 is 0 Å². The van der Waals surface area contributed by atoms with E-state index in [4.69, 9.17) is 4.74 Å². The van der Waals surface area contributed by atoms with Crippen molar-refractivity contribution in [3.8, 4) is 5.75 Å². The lowest BCUT2D eigenvalue weighted by atomic mass is 9.92. The minimum atomic E-state index is -4.26. The number of hydrogen-bond acceptors (Lipinski definition) is 7. The summed E-state index contributed by atoms with van der Waals surface area (Å²) >= 11 is 0. The van der Waals surface area contributed by atoms with Gasteiger partial charge in [-0.25, -0.2) is 14.5 Å². The summed E-state index contributed by atoms with van der Waals surface area (Å²) in [6.07, 6.45) is 0.264. The van der Waals surface area contributed by atoms with Crippen molar-refractivity contribution >= 4 is 17.4 Å². The predicted molar refractivity (Wildman–Crippen MR) is 112 cm³/mol. The number of rotatable bonds is 6. The van der Waals surface area contributed by atoms with Gasteiger partial charge in [0.25, 0.3) is 0 Å². The van der Waals surface area contributed by atoms with Crippen LogP contribution in [-0.4, -0.2) is 56.5 Å². The van der Waals surface area contributed by atoms with Crippen LogP contribution in [0, 0.1) is 18.8 Å². The number of piperidine rings is 1. The Balaban J connectivity index is 1.28. The first-order chi connectivity index (χ1) is 15.4. The Hall–Kier alpha value is -3.11. The fraction of sp³-hybridized carbons (Fsp3) is 0.524. The van der Waals surface area contributed by atoms with E-state index in [9.17, 15) is 13.2 Å². The normalized spacial score (nSPS) is 23.0. The molecule has 4 heterocycles. The van der Waals surface area contributed by atoms with Crippen molar-refractivity contribution in [1.82, 2.24) is 24.6 Å². The summed E-state index contributed by atoms with van der Waals surface area (Å²) in [7, 11) is 0. The Morgan fingerprint density at radius 1 is 1.19 bits per heavy atom. The van der Waals surface area contributed by atoms with Gasteiger partial charge in [-0.1, -0.05) is 0 Å². The Morgan fingerprint density at radius 2 is 1.97 bits per heavy atom. The topological polar surface area (TPSA) is 80.5 Å². The Bertz CT molecular complexity index is 1090. The molecule has 1 aliphatic carbocycles. The monoisotopic (exact) mass is 447 g/mol. The van der Waals surface area contributed by atoms with Crippen LogP contribution in [0.4, 0.5) is 24.9 Å². The highest BCUT2D eigenvalue weighted by Gasteiger charge is 2.43. The average molecular weight is 447 g/mol. The lowest BCUT2D eigenvalue weighted by Crippen LogP contribution is -2.48. The molecule has 3 aromatic heterocycles. The molecule has 170 valence electrons. The van der Waals surface area contributed by atoms with Crippen LogP contribution in [0.3, 0.4) is 0 Å². The first-order valence-corrected chi connectivity index (χ1v) is 10.7. The molecule has 11 heteroatoms. The number of nitrogens with zero attached hydrogens (tertiary/aromatic N) is 6. The number of aromatic nitrogens is 5. The van der Waals surface area contributed by atoms with Crippen molar-refractivity contribution in [1.29, 1.82) is 0 Å². The fourth-order valence-electron chi connectivity index (χ4n) is 4.74. The van der Waals surface area contributed by atoms with Crippen LogP contribution in [-0.2, 0) is 0 Å². The van der Waals surface area contributed by atoms with Crippen LogP contribution in [0.5, 0.6) is 5.75 Å². The number of anilines is 2. The zero-order valence-electron chi connectivity index (χ0n) is 17.6. The standard InChI is InChI=1S/C21H24F3N7O/c1-13-9-17(26-12-25-13)30-10-14-4-5-15(11-30)18(14)27-20-28-19-16(3-2-7-31(19)29-20)32-8-6-21(22,23)24/h2-3,7,9,12,14-15,18H,4-6,8,10-11H2,1H3,(H,27,29)/t14-,15+,18-. The van der Waals surface area contributed by atoms with Crippen LogP contribution < -0.4 is 15.0 Å². The first-order valence-electron chi connectivity index (χ1n) is 10.7. The molecule has 2 aliphatic rings. The number of hydrogen-bond donors (Lipinski definition) is 1. The van der Waals surface area contributed by atoms with Gasteiger partial charge in [-0.3, -0.25) is 0 Å². The zero-order chi connectivity index (χ0) is 22.3. The maximum absolute atomic E-state index is 12.4. The maximum atomic E-state index is 12.4. The van der Waals surface area contributed by atoms with E-state index in [1.165, 1.54) is 4.52 Å². The highest BCUT2D eigenvalue weighted by molar-refractivity contribution is 5.56. The van der Waals surface area contributed by atoms with Gasteiger partial charge in [0.15, 0.2) is 11.4 Å². The van der Waals surface area contributed by atoms with Crippen molar-refractivity contribution in [3.63, 3.8) is 0 Å². The molecule has 0 unspecified atom stereocenters. The Kier molecular flexibility index (Phi) is 5.26. The van der Waals surface area contributed by atoms with Crippen LogP contribution in [0.2, 0.25) is 0 Å². The van der Waals surface area contributed by atoms with Gasteiger partial charge >= 0.3 is 6.18 Å². The largest absolute Gasteiger partial charge is 0.489 e. The van der Waals surface area contributed by atoms with Gasteiger partial charge in [0.1, 0.15) is 12.1 Å². The Labute approximate surface area is 182 Å². The summed E-state index contributed by atoms with van der Waals surface area (Å²) in [6, 6.07) is 5.54. The molecule has 0 aromatic carbocycles. The highest BCUT2D eigenvalue weighted by atomic mass is 19.4. The van der Waals surface area contributed by atoms with E-state index in [0.717, 1.165) is 37.4 Å². The van der Waals surface area contributed by atoms with Gasteiger partial charge in [0, 0.05) is 37.1 Å². The van der Waals surface area contributed by atoms with E-state index in [1.807, 2.05) is 13.0 Å². The number of ether oxygens (including phenoxy) is 1. The van der Waals surface area contributed by atoms with Crippen molar-refractivity contribution in [2.24, 2.45) is 11.8 Å². The van der Waals surface area contributed by atoms with Crippen LogP contribution >= 0.6 is 0 Å². The molecule has 8 nitrogen and oxygen atoms in total. The lowest BCUT2D eigenvalue weighted by Gasteiger charge is -2.38. The minimum Gasteiger partial charge on any atom is -0.489 e. The molecule has 0 amide bonds. The van der Waals surface area contributed by atoms with Crippen LogP contribution in [0.15, 0.2) is 30.7 Å². The molecular formula is C21H24F3N7O. The molecule has 1 saturated carbocycles. The summed E-state index contributed by atoms with van der Waals surface area (Å²) in [5.41, 5.74) is 1.35. The third-order valence-electron chi connectivity index (χ3n) is 6.21. The molecule has 2 bridgehead atoms. The first kappa shape index (κ1) is 20.8. The molecule has 1 aliphatic heterocycles. The van der Waals surface area contributed by atoms with E-state index in [-0.39, 0.29) is 11.8 Å². The van der Waals surface area contributed by atoms with Crippen molar-refractivity contribution in [3.05, 3.63) is 36.4 Å². The quantitative estimate of drug-likeness (QED) is 0.620. The smallest absolute Gasteiger partial charge is 0.392 e. The minimum absolute atomic E-state index is 0.237. The summed E-state index contributed by atoms with van der Waals surface area (Å²) < 4.78 is 44.2. The molecular weight excluding hydrogens is 423 g/mol. The number of aryl methyl sites for hydroxylation is 1. The maximum Gasteiger partial charge on any atom is 0.392 e. The van der Waals surface area contributed by atoms with Crippen LogP contribution in [0.1, 0.15) is 25.0 Å². The third-order valence-corrected chi connectivity index (χ3v) is 6.21. The third kappa shape index (κ3) is 4.28. The number of halogens is 3. The Morgan fingerprint density at radius 3 is 2.69 bits per heavy atom. The predicted octanol–water partition coefficient (Wildman–Crippen LogP) is 3.49. The van der Waals surface area contributed by atoms with Gasteiger partial charge in [-0.2, -0.15) is 18.2 Å². The molecule has 32 heavy (non-hydrogen) atoms. The van der Waals surface area contributed by atoms with Crippen molar-refractivity contribution in [2.75, 3.05) is 29.9 Å². The highest BCUT2D eigenvalue weighted by Crippen LogP contribution is 2.39. The second-order valence-corrected chi connectivity index (χ2v) is 8.48. The molecule has 5 rings (SSSR count). The van der Waals surface area contributed by atoms with Gasteiger partial charge in [-0.15, -0.1) is 5.10 Å². The molecule has 0 spiro atoms. The average Bonchev–Trinajstić information content (AvgIpc) is 3.24. The number of nitrogens with one attached hydrogen (secondary N) is 1. The summed E-state index contributed by atoms with van der Waals surface area (Å²) in [5, 5.41) is 7.95. The molecule has 3 atom stereocenters. The van der Waals surface area contributed by atoms with E-state index in [2.05, 4.69) is 30.3 Å². The molecule has 3 aromatic rings. The van der Waals surface area contributed by atoms with Gasteiger partial charge in [-0.05, 0) is 43.7 Å². The summed E-state index contributed by atoms with van der Waals surface area (Å²) in [4.78, 5) is 15.4. The lowest BCUT2D eigenvalue weighted by molar-refractivity contribution is -0.139. The molecule has 1 saturated heterocycles. The van der Waals surface area contributed by atoms with E-state index in [1.54, 1.807) is 24.7 Å². The molecule has 2 fully saturated rings. The summed E-state index contributed by atoms with van der Waals surface area (Å²) in [6.45, 7) is 3.29. The van der Waals surface area contributed by atoms with Crippen molar-refractivity contribution in [2.45, 2.75) is 38.4 Å². The van der Waals surface area contributed by atoms with Gasteiger partial charge < -0.3 is 15.0 Å². The SMILES string of the molecule is Cc1cc(N2C[C@H]3CC[C@@H](C2)[C@@H]3Nc2nc3c(OCCC(F)(F)F)cccn3n2)ncn1. The fourth-order valence-corrected chi connectivity index (χ4v) is 4.74. The molecule has 1 N–H and O–H groups in total.